The molecule has 22 heavy (non-hydrogen) atoms. The quantitative estimate of drug-likeness (QED) is 0.517. The van der Waals surface area contributed by atoms with Crippen molar-refractivity contribution in [2.45, 2.75) is 6.92 Å². The number of thiocarbonyl (C=S) groups is 1. The summed E-state index contributed by atoms with van der Waals surface area (Å²) in [4.78, 5) is 22.3. The molecule has 6 nitrogen and oxygen atoms in total. The van der Waals surface area contributed by atoms with Crippen molar-refractivity contribution in [2.75, 3.05) is 5.32 Å². The van der Waals surface area contributed by atoms with Gasteiger partial charge in [-0.25, -0.2) is 0 Å². The molecule has 2 aromatic rings. The van der Waals surface area contributed by atoms with Crippen LogP contribution in [0.25, 0.3) is 0 Å². The highest BCUT2D eigenvalue weighted by molar-refractivity contribution is 7.80. The van der Waals surface area contributed by atoms with Gasteiger partial charge >= 0.3 is 0 Å². The first-order valence-electron chi connectivity index (χ1n) is 6.40. The molecule has 0 bridgehead atoms. The lowest BCUT2D eigenvalue weighted by atomic mass is 10.2. The second kappa shape index (κ2) is 6.77. The van der Waals surface area contributed by atoms with Crippen LogP contribution in [0.1, 0.15) is 15.9 Å². The molecule has 0 saturated carbocycles. The number of nitro groups is 1. The summed E-state index contributed by atoms with van der Waals surface area (Å²) >= 11 is 5.07. The Labute approximate surface area is 132 Å². The normalized spacial score (nSPS) is 9.86. The Balaban J connectivity index is 2.08. The fourth-order valence-electron chi connectivity index (χ4n) is 1.78. The number of carbonyl (C=O) groups excluding carboxylic acids is 1. The van der Waals surface area contributed by atoms with Crippen LogP contribution in [0.5, 0.6) is 0 Å². The van der Waals surface area contributed by atoms with Crippen molar-refractivity contribution in [3.8, 4) is 0 Å². The molecule has 0 aliphatic carbocycles. The van der Waals surface area contributed by atoms with Gasteiger partial charge in [-0.15, -0.1) is 0 Å². The van der Waals surface area contributed by atoms with Crippen molar-refractivity contribution in [1.29, 1.82) is 0 Å². The average molecular weight is 315 g/mol. The molecule has 2 N–H and O–H groups in total. The Kier molecular flexibility index (Phi) is 4.80. The Morgan fingerprint density at radius 3 is 2.50 bits per heavy atom. The maximum atomic E-state index is 12.0. The lowest BCUT2D eigenvalue weighted by Gasteiger charge is -2.11. The number of amides is 1. The van der Waals surface area contributed by atoms with E-state index in [0.717, 1.165) is 5.56 Å². The topological polar surface area (TPSA) is 84.3 Å². The number of anilines is 1. The molecule has 0 heterocycles. The molecule has 112 valence electrons. The Hall–Kier alpha value is -2.80. The molecule has 0 saturated heterocycles. The number of carbonyl (C=O) groups is 1. The van der Waals surface area contributed by atoms with Gasteiger partial charge in [0.2, 0.25) is 0 Å². The van der Waals surface area contributed by atoms with E-state index < -0.39 is 4.92 Å². The van der Waals surface area contributed by atoms with E-state index in [2.05, 4.69) is 10.6 Å². The Bertz CT molecular complexity index is 732. The highest BCUT2D eigenvalue weighted by Gasteiger charge is 2.11. The SMILES string of the molecule is Cc1ccc([N+](=O)[O-])cc1NC(=S)NC(=O)c1ccccc1. The standard InChI is InChI=1S/C15H13N3O3S/c1-10-7-8-12(18(20)21)9-13(10)16-15(22)17-14(19)11-5-3-2-4-6-11/h2-9H,1H3,(H2,16,17,19,22). The molecule has 2 rings (SSSR count). The first-order chi connectivity index (χ1) is 10.5. The van der Waals surface area contributed by atoms with E-state index in [0.29, 0.717) is 11.3 Å². The molecular weight excluding hydrogens is 302 g/mol. The van der Waals surface area contributed by atoms with Crippen molar-refractivity contribution in [2.24, 2.45) is 0 Å². The number of hydrogen-bond donors (Lipinski definition) is 2. The monoisotopic (exact) mass is 315 g/mol. The van der Waals surface area contributed by atoms with Gasteiger partial charge in [0.05, 0.1) is 4.92 Å². The molecule has 0 radical (unpaired) electrons. The van der Waals surface area contributed by atoms with Gasteiger partial charge in [0.25, 0.3) is 11.6 Å². The molecule has 0 unspecified atom stereocenters. The number of aryl methyl sites for hydroxylation is 1. The van der Waals surface area contributed by atoms with Crippen LogP contribution in [0, 0.1) is 17.0 Å². The molecule has 7 heteroatoms. The van der Waals surface area contributed by atoms with E-state index >= 15 is 0 Å². The number of nitro benzene ring substituents is 1. The van der Waals surface area contributed by atoms with E-state index in [1.807, 2.05) is 0 Å². The van der Waals surface area contributed by atoms with Gasteiger partial charge in [-0.1, -0.05) is 24.3 Å². The van der Waals surface area contributed by atoms with Crippen LogP contribution in [0.3, 0.4) is 0 Å². The first kappa shape index (κ1) is 15.6. The van der Waals surface area contributed by atoms with E-state index in [9.17, 15) is 14.9 Å². The van der Waals surface area contributed by atoms with Crippen LogP contribution in [-0.4, -0.2) is 15.9 Å². The summed E-state index contributed by atoms with van der Waals surface area (Å²) in [6.07, 6.45) is 0. The number of benzene rings is 2. The van der Waals surface area contributed by atoms with Crippen LogP contribution in [0.4, 0.5) is 11.4 Å². The average Bonchev–Trinajstić information content (AvgIpc) is 2.50. The van der Waals surface area contributed by atoms with Crippen molar-refractivity contribution in [3.05, 3.63) is 69.8 Å². The maximum absolute atomic E-state index is 12.0. The molecule has 0 aromatic heterocycles. The molecule has 2 aromatic carbocycles. The highest BCUT2D eigenvalue weighted by Crippen LogP contribution is 2.21. The molecule has 0 fully saturated rings. The highest BCUT2D eigenvalue weighted by atomic mass is 32.1. The van der Waals surface area contributed by atoms with E-state index in [1.54, 1.807) is 43.3 Å². The van der Waals surface area contributed by atoms with Gasteiger partial charge in [-0.3, -0.25) is 20.2 Å². The summed E-state index contributed by atoms with van der Waals surface area (Å²) in [5, 5.41) is 16.2. The third kappa shape index (κ3) is 3.86. The summed E-state index contributed by atoms with van der Waals surface area (Å²) < 4.78 is 0. The number of hydrogen-bond acceptors (Lipinski definition) is 4. The van der Waals surface area contributed by atoms with Gasteiger partial charge < -0.3 is 5.32 Å². The minimum Gasteiger partial charge on any atom is -0.332 e. The smallest absolute Gasteiger partial charge is 0.271 e. The number of nitrogens with one attached hydrogen (secondary N) is 2. The lowest BCUT2D eigenvalue weighted by Crippen LogP contribution is -2.34. The molecule has 0 atom stereocenters. The number of non-ortho nitro benzene ring substituents is 1. The number of nitrogens with zero attached hydrogens (tertiary/aromatic N) is 1. The predicted octanol–water partition coefficient (Wildman–Crippen LogP) is 3.03. The van der Waals surface area contributed by atoms with Crippen molar-refractivity contribution in [1.82, 2.24) is 5.32 Å². The second-order valence-electron chi connectivity index (χ2n) is 4.53. The van der Waals surface area contributed by atoms with Crippen molar-refractivity contribution < 1.29 is 9.72 Å². The van der Waals surface area contributed by atoms with E-state index in [-0.39, 0.29) is 16.7 Å². The summed E-state index contributed by atoms with van der Waals surface area (Å²) in [7, 11) is 0. The third-order valence-electron chi connectivity index (χ3n) is 2.94. The summed E-state index contributed by atoms with van der Waals surface area (Å²) in [5.41, 5.74) is 1.68. The second-order valence-corrected chi connectivity index (χ2v) is 4.94. The number of rotatable bonds is 3. The van der Waals surface area contributed by atoms with Gasteiger partial charge in [0, 0.05) is 23.4 Å². The van der Waals surface area contributed by atoms with Gasteiger partial charge in [-0.05, 0) is 36.8 Å². The van der Waals surface area contributed by atoms with Crippen LogP contribution >= 0.6 is 12.2 Å². The van der Waals surface area contributed by atoms with Crippen molar-refractivity contribution >= 4 is 34.6 Å². The lowest BCUT2D eigenvalue weighted by molar-refractivity contribution is -0.384. The van der Waals surface area contributed by atoms with Crippen molar-refractivity contribution in [3.63, 3.8) is 0 Å². The van der Waals surface area contributed by atoms with E-state index in [1.165, 1.54) is 12.1 Å². The van der Waals surface area contributed by atoms with Crippen LogP contribution < -0.4 is 10.6 Å². The third-order valence-corrected chi connectivity index (χ3v) is 3.15. The Morgan fingerprint density at radius 2 is 1.86 bits per heavy atom. The predicted molar refractivity (Wildman–Crippen MR) is 88.0 cm³/mol. The van der Waals surface area contributed by atoms with Crippen LogP contribution in [0.2, 0.25) is 0 Å². The fourth-order valence-corrected chi connectivity index (χ4v) is 1.98. The summed E-state index contributed by atoms with van der Waals surface area (Å²) in [5.74, 6) is -0.346. The summed E-state index contributed by atoms with van der Waals surface area (Å²) in [6, 6.07) is 13.0. The minimum atomic E-state index is -0.490. The molecule has 0 aliphatic heterocycles. The molecule has 1 amide bonds. The summed E-state index contributed by atoms with van der Waals surface area (Å²) in [6.45, 7) is 1.79. The van der Waals surface area contributed by atoms with Gasteiger partial charge in [0.1, 0.15) is 0 Å². The zero-order valence-corrected chi connectivity index (χ0v) is 12.5. The molecule has 0 aliphatic rings. The largest absolute Gasteiger partial charge is 0.332 e. The van der Waals surface area contributed by atoms with Crippen LogP contribution in [-0.2, 0) is 0 Å². The van der Waals surface area contributed by atoms with Gasteiger partial charge in [-0.2, -0.15) is 0 Å². The first-order valence-corrected chi connectivity index (χ1v) is 6.80. The zero-order chi connectivity index (χ0) is 16.1. The maximum Gasteiger partial charge on any atom is 0.271 e. The molecular formula is C15H13N3O3S. The van der Waals surface area contributed by atoms with Gasteiger partial charge in [0.15, 0.2) is 5.11 Å². The zero-order valence-electron chi connectivity index (χ0n) is 11.7. The van der Waals surface area contributed by atoms with E-state index in [4.69, 9.17) is 12.2 Å². The minimum absolute atomic E-state index is 0.0507. The fraction of sp³-hybridized carbons (Fsp3) is 0.0667. The molecule has 0 spiro atoms. The van der Waals surface area contributed by atoms with Crippen LogP contribution in [0.15, 0.2) is 48.5 Å². The Morgan fingerprint density at radius 1 is 1.18 bits per heavy atom.